The van der Waals surface area contributed by atoms with Crippen molar-refractivity contribution in [1.82, 2.24) is 6.15 Å². The summed E-state index contributed by atoms with van der Waals surface area (Å²) in [6, 6.07) is 0. The topological polar surface area (TPSA) is 450 Å². The van der Waals surface area contributed by atoms with E-state index < -0.39 is 53.6 Å². The largest absolute Gasteiger partial charge is 0.477 e. The quantitative estimate of drug-likeness (QED) is 0.248. The van der Waals surface area contributed by atoms with Crippen LogP contribution < -0.4 is 6.15 Å². The maximum atomic E-state index is 13.0. The van der Waals surface area contributed by atoms with Crippen molar-refractivity contribution in [3.63, 3.8) is 0 Å². The van der Waals surface area contributed by atoms with Gasteiger partial charge in [0.15, 0.2) is 0 Å². The summed E-state index contributed by atoms with van der Waals surface area (Å²) in [7, 11) is 0. The molecule has 0 fully saturated rings. The maximum absolute atomic E-state index is 13.0. The average Bonchev–Trinajstić information content (AvgIpc) is 2.44. The fourth-order valence-electron chi connectivity index (χ4n) is 1.30. The van der Waals surface area contributed by atoms with Gasteiger partial charge in [-0.3, -0.25) is 0 Å². The van der Waals surface area contributed by atoms with E-state index in [4.69, 9.17) is 5.11 Å². The molecule has 15 nitrogen and oxygen atoms in total. The van der Waals surface area contributed by atoms with Gasteiger partial charge in [-0.15, -0.1) is 0 Å². The molecule has 0 bridgehead atoms. The zero-order valence-electron chi connectivity index (χ0n) is 18.5. The molecule has 0 heterocycles. The molecule has 0 unspecified atom stereocenters. The lowest BCUT2D eigenvalue weighted by atomic mass is 9.89. The standard InChI is InChI=1S/C9HF17O2.H3N.12H2O/c10-2(11,1(27)28)3(12,13)4(14,15)5(16,17)6(18,19)7(20,21)8(22,23)9(24,25)26;;;;;;;;;;;;;/h(H,27,28);1H3;12*1H2. The van der Waals surface area contributed by atoms with Crippen molar-refractivity contribution in [1.29, 1.82) is 0 Å². The Hall–Kier alpha value is -2.24. The molecule has 0 saturated carbocycles. The van der Waals surface area contributed by atoms with Crippen LogP contribution >= 0.6 is 0 Å². The summed E-state index contributed by atoms with van der Waals surface area (Å²) < 4.78 is 214. The molecule has 28 N–H and O–H groups in total. The van der Waals surface area contributed by atoms with Gasteiger partial charge in [0.25, 0.3) is 0 Å². The zero-order chi connectivity index (χ0) is 23.6. The molecule has 0 aliphatic heterocycles. The van der Waals surface area contributed by atoms with Crippen LogP contribution in [0.3, 0.4) is 0 Å². The summed E-state index contributed by atoms with van der Waals surface area (Å²) in [5, 5.41) is 7.59. The van der Waals surface area contributed by atoms with Gasteiger partial charge in [0.2, 0.25) is 0 Å². The van der Waals surface area contributed by atoms with Gasteiger partial charge >= 0.3 is 53.6 Å². The smallest absolute Gasteiger partial charge is 0.460 e. The summed E-state index contributed by atoms with van der Waals surface area (Å²) in [5.74, 6) is -62.9. The average molecular weight is 697 g/mol. The zero-order valence-corrected chi connectivity index (χ0v) is 18.5. The highest BCUT2D eigenvalue weighted by atomic mass is 19.4. The number of hydrogen-bond donors (Lipinski definition) is 2. The predicted molar refractivity (Wildman–Crippen MR) is 96.7 cm³/mol. The van der Waals surface area contributed by atoms with E-state index in [0.29, 0.717) is 0 Å². The highest BCUT2D eigenvalue weighted by molar-refractivity contribution is 5.77. The predicted octanol–water partition coefficient (Wildman–Crippen LogP) is -4.65. The van der Waals surface area contributed by atoms with Gasteiger partial charge < -0.3 is 77.0 Å². The van der Waals surface area contributed by atoms with Crippen molar-refractivity contribution in [2.24, 2.45) is 0 Å². The monoisotopic (exact) mass is 697 g/mol. The maximum Gasteiger partial charge on any atom is 0.460 e. The van der Waals surface area contributed by atoms with Crippen LogP contribution in [0.15, 0.2) is 0 Å². The number of carbonyl (C=O) groups is 1. The van der Waals surface area contributed by atoms with E-state index in [0.717, 1.165) is 0 Å². The fraction of sp³-hybridized carbons (Fsp3) is 0.889. The van der Waals surface area contributed by atoms with Crippen LogP contribution in [0.25, 0.3) is 0 Å². The first kappa shape index (κ1) is 90.1. The highest BCUT2D eigenvalue weighted by Crippen LogP contribution is 2.63. The molecule has 0 aromatic rings. The van der Waals surface area contributed by atoms with Crippen LogP contribution in [0, 0.1) is 0 Å². The van der Waals surface area contributed by atoms with E-state index in [-0.39, 0.29) is 71.9 Å². The van der Waals surface area contributed by atoms with Gasteiger partial charge in [0, 0.05) is 0 Å². The Morgan fingerprint density at radius 2 is 0.488 bits per heavy atom. The Kier molecular flexibility index (Phi) is 47.2. The molecule has 0 spiro atoms. The minimum Gasteiger partial charge on any atom is -0.477 e. The third kappa shape index (κ3) is 10.8. The summed E-state index contributed by atoms with van der Waals surface area (Å²) >= 11 is 0. The molecular formula is C9H28F17NO14. The summed E-state index contributed by atoms with van der Waals surface area (Å²) in [6.45, 7) is 0. The fourth-order valence-corrected chi connectivity index (χ4v) is 1.30. The second-order valence-electron chi connectivity index (χ2n) is 4.82. The number of rotatable bonds is 7. The molecule has 0 saturated heterocycles. The lowest BCUT2D eigenvalue weighted by molar-refractivity contribution is -0.459. The molecule has 0 rings (SSSR count). The Bertz CT molecular complexity index is 648. The van der Waals surface area contributed by atoms with Crippen LogP contribution in [-0.2, 0) is 4.79 Å². The van der Waals surface area contributed by atoms with Crippen molar-refractivity contribution >= 4 is 5.97 Å². The molecular weight excluding hydrogens is 669 g/mol. The number of aliphatic carboxylic acids is 1. The molecule has 0 atom stereocenters. The van der Waals surface area contributed by atoms with Gasteiger partial charge in [-0.2, -0.15) is 74.6 Å². The van der Waals surface area contributed by atoms with E-state index in [2.05, 4.69) is 0 Å². The van der Waals surface area contributed by atoms with Crippen LogP contribution in [-0.4, -0.2) is 124 Å². The summed E-state index contributed by atoms with van der Waals surface area (Å²) in [5.41, 5.74) is 0. The van der Waals surface area contributed by atoms with Crippen LogP contribution in [0.2, 0.25) is 0 Å². The van der Waals surface area contributed by atoms with Crippen molar-refractivity contribution in [2.75, 3.05) is 0 Å². The van der Waals surface area contributed by atoms with E-state index in [9.17, 15) is 79.4 Å². The molecule has 0 aromatic carbocycles. The van der Waals surface area contributed by atoms with Gasteiger partial charge in [-0.1, -0.05) is 0 Å². The Balaban J connectivity index is -0.0000000467. The Morgan fingerprint density at radius 1 is 0.341 bits per heavy atom. The Morgan fingerprint density at radius 3 is 0.634 bits per heavy atom. The first-order valence-electron chi connectivity index (χ1n) is 5.64. The minimum absolute atomic E-state index is 0. The normalized spacial score (nSPS) is 11.1. The minimum atomic E-state index is -8.76. The van der Waals surface area contributed by atoms with E-state index in [1.54, 1.807) is 0 Å². The van der Waals surface area contributed by atoms with Crippen LogP contribution in [0.1, 0.15) is 0 Å². The van der Waals surface area contributed by atoms with Gasteiger partial charge in [-0.25, -0.2) is 4.79 Å². The number of carboxylic acid groups (broad SMARTS) is 1. The number of alkyl halides is 17. The molecule has 0 aliphatic carbocycles. The molecule has 272 valence electrons. The molecule has 0 aromatic heterocycles. The SMILES string of the molecule is N.O.O.O.O.O.O.O.O.O.O.O.O.O=C(O)C(F)(F)C(F)(F)C(F)(F)C(F)(F)C(F)(F)C(F)(F)C(F)(F)C(F)(F)F. The van der Waals surface area contributed by atoms with Crippen molar-refractivity contribution in [3.8, 4) is 0 Å². The first-order valence-corrected chi connectivity index (χ1v) is 5.64. The summed E-state index contributed by atoms with van der Waals surface area (Å²) in [6.07, 6.45) is -7.83. The van der Waals surface area contributed by atoms with E-state index in [1.165, 1.54) is 0 Å². The summed E-state index contributed by atoms with van der Waals surface area (Å²) in [4.78, 5) is 9.77. The molecule has 0 amide bonds. The molecule has 0 aliphatic rings. The second kappa shape index (κ2) is 21.5. The van der Waals surface area contributed by atoms with E-state index in [1.807, 2.05) is 0 Å². The van der Waals surface area contributed by atoms with Gasteiger partial charge in [0.1, 0.15) is 0 Å². The molecule has 32 heteroatoms. The molecule has 0 radical (unpaired) electrons. The van der Waals surface area contributed by atoms with Crippen LogP contribution in [0.5, 0.6) is 0 Å². The van der Waals surface area contributed by atoms with Crippen molar-refractivity contribution in [2.45, 2.75) is 47.6 Å². The number of hydrogen-bond acceptors (Lipinski definition) is 2. The second-order valence-corrected chi connectivity index (χ2v) is 4.82. The third-order valence-corrected chi connectivity index (χ3v) is 2.99. The van der Waals surface area contributed by atoms with Crippen molar-refractivity contribution in [3.05, 3.63) is 0 Å². The van der Waals surface area contributed by atoms with Crippen LogP contribution in [0.4, 0.5) is 74.6 Å². The number of carboxylic acids is 1. The number of halogens is 17. The lowest BCUT2D eigenvalue weighted by Gasteiger charge is -2.42. The highest BCUT2D eigenvalue weighted by Gasteiger charge is 2.95. The first-order chi connectivity index (χ1) is 11.7. The third-order valence-electron chi connectivity index (χ3n) is 2.99. The van der Waals surface area contributed by atoms with Crippen molar-refractivity contribution < 1.29 is 150 Å². The Labute approximate surface area is 211 Å². The molecule has 41 heavy (non-hydrogen) atoms. The lowest BCUT2D eigenvalue weighted by Crippen LogP contribution is -2.75. The van der Waals surface area contributed by atoms with Gasteiger partial charge in [0.05, 0.1) is 0 Å². The van der Waals surface area contributed by atoms with E-state index >= 15 is 0 Å². The van der Waals surface area contributed by atoms with Gasteiger partial charge in [-0.05, 0) is 0 Å².